The molecule has 0 saturated carbocycles. The third-order valence-electron chi connectivity index (χ3n) is 5.38. The van der Waals surface area contributed by atoms with Crippen LogP contribution < -0.4 is 0 Å². The van der Waals surface area contributed by atoms with Crippen LogP contribution in [-0.2, 0) is 0 Å². The van der Waals surface area contributed by atoms with Gasteiger partial charge in [-0.15, -0.1) is 0 Å². The van der Waals surface area contributed by atoms with Gasteiger partial charge in [0.15, 0.2) is 0 Å². The Bertz CT molecular complexity index is 1200. The maximum Gasteiger partial charge on any atom is 0.0487 e. The average Bonchev–Trinajstić information content (AvgIpc) is 3.24. The SMILES string of the molecule is CC.CC.CCC.CCC.CCC.CCC.CN=NC.CN=NC.c1ccc2ccccc2c1.c1ccc2ccccc2c1.c1ccc2ccccc2c1. The monoisotopic (exact) mass is 737 g/mol. The quantitative estimate of drug-likeness (QED) is 0.139. The van der Waals surface area contributed by atoms with Crippen molar-refractivity contribution in [2.24, 2.45) is 20.5 Å². The Balaban J connectivity index is -0.000000174. The third-order valence-corrected chi connectivity index (χ3v) is 5.38. The highest BCUT2D eigenvalue weighted by Crippen LogP contribution is 2.12. The molecule has 0 saturated heterocycles. The lowest BCUT2D eigenvalue weighted by atomic mass is 10.1. The molecule has 0 radical (unpaired) electrons. The molecule has 54 heavy (non-hydrogen) atoms. The fraction of sp³-hybridized carbons (Fsp3) is 0.400. The van der Waals surface area contributed by atoms with Crippen molar-refractivity contribution in [3.63, 3.8) is 0 Å². The van der Waals surface area contributed by atoms with Gasteiger partial charge in [0.2, 0.25) is 0 Å². The zero-order valence-corrected chi connectivity index (χ0v) is 37.5. The third kappa shape index (κ3) is 38.5. The predicted octanol–water partition coefficient (Wildman–Crippen LogP) is 17.6. The average molecular weight is 737 g/mol. The van der Waals surface area contributed by atoms with Crippen molar-refractivity contribution in [2.45, 2.75) is 109 Å². The first-order chi connectivity index (χ1) is 26.4. The van der Waals surface area contributed by atoms with Crippen molar-refractivity contribution in [1.82, 2.24) is 0 Å². The van der Waals surface area contributed by atoms with Gasteiger partial charge < -0.3 is 0 Å². The van der Waals surface area contributed by atoms with Gasteiger partial charge in [0.25, 0.3) is 0 Å². The Morgan fingerprint density at radius 2 is 0.315 bits per heavy atom. The van der Waals surface area contributed by atoms with Gasteiger partial charge in [-0.3, -0.25) is 0 Å². The van der Waals surface area contributed by atoms with Crippen LogP contribution >= 0.6 is 0 Å². The number of benzene rings is 6. The minimum absolute atomic E-state index is 1.25. The van der Waals surface area contributed by atoms with Gasteiger partial charge in [-0.1, -0.05) is 254 Å². The fourth-order valence-corrected chi connectivity index (χ4v) is 3.40. The zero-order valence-electron chi connectivity index (χ0n) is 37.5. The molecule has 4 nitrogen and oxygen atoms in total. The van der Waals surface area contributed by atoms with E-state index in [9.17, 15) is 0 Å². The predicted molar refractivity (Wildman–Crippen MR) is 252 cm³/mol. The number of azo groups is 2. The minimum atomic E-state index is 1.25. The molecule has 0 aliphatic carbocycles. The van der Waals surface area contributed by atoms with Gasteiger partial charge in [0.05, 0.1) is 0 Å². The summed E-state index contributed by atoms with van der Waals surface area (Å²) < 4.78 is 0. The van der Waals surface area contributed by atoms with Crippen molar-refractivity contribution < 1.29 is 0 Å². The first-order valence-corrected chi connectivity index (χ1v) is 20.1. The van der Waals surface area contributed by atoms with Crippen LogP contribution in [0.1, 0.15) is 109 Å². The van der Waals surface area contributed by atoms with Crippen LogP contribution in [0.2, 0.25) is 0 Å². The van der Waals surface area contributed by atoms with E-state index in [0.717, 1.165) is 0 Å². The van der Waals surface area contributed by atoms with Gasteiger partial charge in [0.1, 0.15) is 0 Å². The van der Waals surface area contributed by atoms with E-state index in [1.165, 1.54) is 58.0 Å². The van der Waals surface area contributed by atoms with Crippen molar-refractivity contribution in [3.8, 4) is 0 Å². The molecule has 0 heterocycles. The van der Waals surface area contributed by atoms with Crippen LogP contribution in [0.3, 0.4) is 0 Å². The first kappa shape index (κ1) is 58.6. The van der Waals surface area contributed by atoms with Crippen molar-refractivity contribution in [2.75, 3.05) is 28.2 Å². The van der Waals surface area contributed by atoms with E-state index in [1.54, 1.807) is 28.2 Å². The van der Waals surface area contributed by atoms with Crippen molar-refractivity contribution in [3.05, 3.63) is 146 Å². The molecule has 4 heteroatoms. The summed E-state index contributed by atoms with van der Waals surface area (Å²) in [6, 6.07) is 50.1. The van der Waals surface area contributed by atoms with E-state index in [-0.39, 0.29) is 0 Å². The summed E-state index contributed by atoms with van der Waals surface area (Å²) in [5.41, 5.74) is 0. The van der Waals surface area contributed by atoms with Crippen LogP contribution in [-0.4, -0.2) is 28.2 Å². The molecule has 0 bridgehead atoms. The topological polar surface area (TPSA) is 49.4 Å². The molecule has 300 valence electrons. The summed E-state index contributed by atoms with van der Waals surface area (Å²) in [7, 11) is 6.56. The van der Waals surface area contributed by atoms with Gasteiger partial charge in [-0.25, -0.2) is 0 Å². The fourth-order valence-electron chi connectivity index (χ4n) is 3.40. The largest absolute Gasteiger partial charge is 0.198 e. The van der Waals surface area contributed by atoms with Crippen LogP contribution in [0.5, 0.6) is 0 Å². The van der Waals surface area contributed by atoms with E-state index in [4.69, 9.17) is 0 Å². The summed E-state index contributed by atoms with van der Waals surface area (Å²) in [6.07, 6.45) is 5.00. The molecule has 6 aromatic carbocycles. The maximum atomic E-state index is 3.36. The van der Waals surface area contributed by atoms with E-state index in [0.29, 0.717) is 0 Å². The van der Waals surface area contributed by atoms with Gasteiger partial charge in [-0.2, -0.15) is 20.5 Å². The highest BCUT2D eigenvalue weighted by molar-refractivity contribution is 5.83. The molecule has 0 spiro atoms. The molecule has 6 aromatic rings. The summed E-state index contributed by atoms with van der Waals surface area (Å²) >= 11 is 0. The standard InChI is InChI=1S/3C10H8.4C3H8.2C2H6N2.2C2H6/c3*1-2-6-10-8-4-3-7-9(10)5-1;4*1-3-2;2*1-3-4-2;2*1-2/h3*1-8H;4*3H2,1-2H3;2*1-2H3;2*1-2H3. The number of fused-ring (bicyclic) bond motifs is 3. The minimum Gasteiger partial charge on any atom is -0.198 e. The molecule has 0 unspecified atom stereocenters. The Hall–Kier alpha value is -4.70. The molecule has 0 aliphatic rings. The van der Waals surface area contributed by atoms with E-state index in [2.05, 4.69) is 221 Å². The lowest BCUT2D eigenvalue weighted by Crippen LogP contribution is -1.67. The van der Waals surface area contributed by atoms with Gasteiger partial charge >= 0.3 is 0 Å². The number of hydrogen-bond donors (Lipinski definition) is 0. The summed E-state index contributed by atoms with van der Waals surface area (Å²) in [5.74, 6) is 0. The molecule has 0 N–H and O–H groups in total. The molecule has 0 aromatic heterocycles. The zero-order chi connectivity index (χ0) is 42.1. The highest BCUT2D eigenvalue weighted by Gasteiger charge is 1.87. The number of rotatable bonds is 0. The highest BCUT2D eigenvalue weighted by atomic mass is 15.0. The first-order valence-electron chi connectivity index (χ1n) is 20.1. The summed E-state index contributed by atoms with van der Waals surface area (Å²) in [4.78, 5) is 0. The molecule has 6 rings (SSSR count). The van der Waals surface area contributed by atoms with Crippen LogP contribution in [0.25, 0.3) is 32.3 Å². The Morgan fingerprint density at radius 1 is 0.241 bits per heavy atom. The molecule has 0 amide bonds. The van der Waals surface area contributed by atoms with E-state index >= 15 is 0 Å². The van der Waals surface area contributed by atoms with E-state index in [1.807, 2.05) is 27.7 Å². The van der Waals surface area contributed by atoms with Gasteiger partial charge in [0, 0.05) is 28.2 Å². The smallest absolute Gasteiger partial charge is 0.0487 e. The van der Waals surface area contributed by atoms with Gasteiger partial charge in [-0.05, 0) is 32.3 Å². The normalized spacial score (nSPS) is 8.52. The van der Waals surface area contributed by atoms with Crippen LogP contribution in [0.4, 0.5) is 0 Å². The van der Waals surface area contributed by atoms with Crippen molar-refractivity contribution >= 4 is 32.3 Å². The molecule has 0 aliphatic heterocycles. The lowest BCUT2D eigenvalue weighted by molar-refractivity contribution is 1.09. The second kappa shape index (κ2) is 52.7. The number of hydrogen-bond acceptors (Lipinski definition) is 4. The second-order valence-corrected chi connectivity index (χ2v) is 10.7. The second-order valence-electron chi connectivity index (χ2n) is 10.7. The molecular weight excluding hydrogens is 657 g/mol. The Morgan fingerprint density at radius 3 is 0.370 bits per heavy atom. The Labute approximate surface area is 334 Å². The maximum absolute atomic E-state index is 3.36. The van der Waals surface area contributed by atoms with Crippen LogP contribution in [0.15, 0.2) is 166 Å². The Kier molecular flexibility index (Phi) is 57.1. The number of nitrogens with zero attached hydrogens (tertiary/aromatic N) is 4. The lowest BCUT2D eigenvalue weighted by Gasteiger charge is -1.92. The summed E-state index contributed by atoms with van der Waals surface area (Å²) in [6.45, 7) is 25.0. The molecule has 0 fully saturated rings. The van der Waals surface area contributed by atoms with E-state index < -0.39 is 0 Å². The summed E-state index contributed by atoms with van der Waals surface area (Å²) in [5, 5.41) is 21.3. The van der Waals surface area contributed by atoms with Crippen LogP contribution in [0, 0.1) is 0 Å². The molecular formula is C50H80N4. The molecule has 0 atom stereocenters. The van der Waals surface area contributed by atoms with Crippen molar-refractivity contribution in [1.29, 1.82) is 0 Å².